The summed E-state index contributed by atoms with van der Waals surface area (Å²) in [7, 11) is 0. The fourth-order valence-corrected chi connectivity index (χ4v) is 3.63. The van der Waals surface area contributed by atoms with Crippen molar-refractivity contribution in [2.24, 2.45) is 0 Å². The Morgan fingerprint density at radius 3 is 2.79 bits per heavy atom. The minimum Gasteiger partial charge on any atom is -0.451 e. The molecule has 4 rings (SSSR count). The van der Waals surface area contributed by atoms with E-state index < -0.39 is 5.82 Å². The number of nitrogens with zero attached hydrogens (tertiary/aromatic N) is 1. The number of ether oxygens (including phenoxy) is 1. The van der Waals surface area contributed by atoms with Gasteiger partial charge in [-0.1, -0.05) is 18.2 Å². The van der Waals surface area contributed by atoms with E-state index in [-0.39, 0.29) is 30.1 Å². The van der Waals surface area contributed by atoms with Crippen molar-refractivity contribution in [3.8, 4) is 0 Å². The first-order chi connectivity index (χ1) is 13.5. The fraction of sp³-hybridized carbons (Fsp3) is 0.318. The Bertz CT molecular complexity index is 1010. The normalized spacial score (nSPS) is 16.6. The topological polar surface area (TPSA) is 42.7 Å². The summed E-state index contributed by atoms with van der Waals surface area (Å²) in [6, 6.07) is 10.5. The molecule has 1 aromatic heterocycles. The van der Waals surface area contributed by atoms with Gasteiger partial charge >= 0.3 is 0 Å². The van der Waals surface area contributed by atoms with E-state index in [9.17, 15) is 13.6 Å². The molecule has 4 nitrogen and oxygen atoms in total. The zero-order valence-electron chi connectivity index (χ0n) is 15.6. The van der Waals surface area contributed by atoms with E-state index in [1.807, 2.05) is 0 Å². The molecule has 1 atom stereocenters. The largest absolute Gasteiger partial charge is 0.451 e. The van der Waals surface area contributed by atoms with Crippen molar-refractivity contribution in [1.29, 1.82) is 0 Å². The van der Waals surface area contributed by atoms with Crippen LogP contribution >= 0.6 is 0 Å². The van der Waals surface area contributed by atoms with Gasteiger partial charge in [0.05, 0.1) is 6.10 Å². The molecule has 0 radical (unpaired) electrons. The van der Waals surface area contributed by atoms with Gasteiger partial charge in [-0.05, 0) is 44.0 Å². The van der Waals surface area contributed by atoms with E-state index in [4.69, 9.17) is 9.15 Å². The molecular weight excluding hydrogens is 364 g/mol. The molecule has 0 aliphatic carbocycles. The molecule has 1 aliphatic rings. The summed E-state index contributed by atoms with van der Waals surface area (Å²) in [5.74, 6) is -0.961. The van der Waals surface area contributed by atoms with E-state index in [2.05, 4.69) is 0 Å². The zero-order chi connectivity index (χ0) is 19.7. The number of hydrogen-bond donors (Lipinski definition) is 0. The molecule has 1 fully saturated rings. The lowest BCUT2D eigenvalue weighted by atomic mass is 10.1. The van der Waals surface area contributed by atoms with Gasteiger partial charge in [0.25, 0.3) is 5.91 Å². The average Bonchev–Trinajstić information content (AvgIpc) is 3.31. The number of carbonyl (C=O) groups excluding carboxylic acids is 1. The van der Waals surface area contributed by atoms with Gasteiger partial charge in [0, 0.05) is 36.2 Å². The van der Waals surface area contributed by atoms with E-state index in [0.717, 1.165) is 12.8 Å². The number of aryl methyl sites for hydroxylation is 1. The summed E-state index contributed by atoms with van der Waals surface area (Å²) < 4.78 is 39.2. The number of furan rings is 1. The maximum Gasteiger partial charge on any atom is 0.290 e. The molecule has 1 aliphatic heterocycles. The Morgan fingerprint density at radius 2 is 2.04 bits per heavy atom. The smallest absolute Gasteiger partial charge is 0.290 e. The van der Waals surface area contributed by atoms with Gasteiger partial charge in [0.15, 0.2) is 5.76 Å². The van der Waals surface area contributed by atoms with Crippen molar-refractivity contribution >= 4 is 16.9 Å². The van der Waals surface area contributed by atoms with Gasteiger partial charge < -0.3 is 14.1 Å². The lowest BCUT2D eigenvalue weighted by Gasteiger charge is -2.25. The molecule has 1 saturated heterocycles. The van der Waals surface area contributed by atoms with Crippen LogP contribution in [-0.2, 0) is 11.3 Å². The molecule has 6 heteroatoms. The van der Waals surface area contributed by atoms with Crippen LogP contribution in [0.2, 0.25) is 0 Å². The van der Waals surface area contributed by atoms with Gasteiger partial charge in [0.1, 0.15) is 17.2 Å². The fourth-order valence-electron chi connectivity index (χ4n) is 3.63. The van der Waals surface area contributed by atoms with E-state index in [0.29, 0.717) is 35.2 Å². The molecule has 28 heavy (non-hydrogen) atoms. The zero-order valence-corrected chi connectivity index (χ0v) is 15.6. The van der Waals surface area contributed by atoms with Crippen LogP contribution in [0.15, 0.2) is 46.9 Å². The second-order valence-electron chi connectivity index (χ2n) is 7.11. The maximum absolute atomic E-state index is 14.2. The minimum absolute atomic E-state index is 0.0853. The van der Waals surface area contributed by atoms with Crippen molar-refractivity contribution in [1.82, 2.24) is 4.90 Å². The predicted molar refractivity (Wildman–Crippen MR) is 101 cm³/mol. The Morgan fingerprint density at radius 1 is 1.21 bits per heavy atom. The molecule has 1 unspecified atom stereocenters. The molecule has 0 bridgehead atoms. The highest BCUT2D eigenvalue weighted by molar-refractivity contribution is 5.99. The summed E-state index contributed by atoms with van der Waals surface area (Å²) in [5, 5.41) is 0.561. The van der Waals surface area contributed by atoms with E-state index in [1.54, 1.807) is 30.0 Å². The molecule has 0 saturated carbocycles. The summed E-state index contributed by atoms with van der Waals surface area (Å²) in [4.78, 5) is 14.8. The highest BCUT2D eigenvalue weighted by Crippen LogP contribution is 2.28. The van der Waals surface area contributed by atoms with E-state index in [1.165, 1.54) is 24.3 Å². The first-order valence-electron chi connectivity index (χ1n) is 9.36. The SMILES string of the molecule is Cc1c(C(=O)N(Cc2ccccc2F)CC2CCCO2)oc2ccc(F)cc12. The summed E-state index contributed by atoms with van der Waals surface area (Å²) >= 11 is 0. The Kier molecular flexibility index (Phi) is 5.13. The lowest BCUT2D eigenvalue weighted by molar-refractivity contribution is 0.0482. The van der Waals surface area contributed by atoms with Crippen molar-refractivity contribution in [2.75, 3.05) is 13.2 Å². The summed E-state index contributed by atoms with van der Waals surface area (Å²) in [5.41, 5.74) is 1.45. The highest BCUT2D eigenvalue weighted by Gasteiger charge is 2.28. The lowest BCUT2D eigenvalue weighted by Crippen LogP contribution is -2.37. The molecule has 0 N–H and O–H groups in total. The van der Waals surface area contributed by atoms with Gasteiger partial charge in [-0.15, -0.1) is 0 Å². The molecule has 3 aromatic rings. The molecular formula is C22H21F2NO3. The standard InChI is InChI=1S/C22H21F2NO3/c1-14-18-11-16(23)8-9-20(18)28-21(14)22(26)25(13-17-6-4-10-27-17)12-15-5-2-3-7-19(15)24/h2-3,5,7-9,11,17H,4,6,10,12-13H2,1H3. The van der Waals surface area contributed by atoms with Crippen LogP contribution in [-0.4, -0.2) is 30.1 Å². The van der Waals surface area contributed by atoms with Crippen molar-refractivity contribution < 1.29 is 22.7 Å². The average molecular weight is 385 g/mol. The van der Waals surface area contributed by atoms with Crippen LogP contribution in [0, 0.1) is 18.6 Å². The summed E-state index contributed by atoms with van der Waals surface area (Å²) in [6.45, 7) is 2.84. The number of fused-ring (bicyclic) bond motifs is 1. The first-order valence-corrected chi connectivity index (χ1v) is 9.36. The van der Waals surface area contributed by atoms with Crippen LogP contribution in [0.1, 0.15) is 34.5 Å². The predicted octanol–water partition coefficient (Wildman–Crippen LogP) is 4.84. The molecule has 1 amide bonds. The van der Waals surface area contributed by atoms with Crippen LogP contribution < -0.4 is 0 Å². The first kappa shape index (κ1) is 18.6. The second kappa shape index (κ2) is 7.72. The number of benzene rings is 2. The number of amides is 1. The monoisotopic (exact) mass is 385 g/mol. The van der Waals surface area contributed by atoms with Crippen molar-refractivity contribution in [2.45, 2.75) is 32.4 Å². The number of rotatable bonds is 5. The third-order valence-corrected chi connectivity index (χ3v) is 5.15. The molecule has 146 valence electrons. The van der Waals surface area contributed by atoms with Crippen LogP contribution in [0.4, 0.5) is 8.78 Å². The van der Waals surface area contributed by atoms with Crippen molar-refractivity contribution in [3.05, 3.63) is 71.0 Å². The molecule has 2 aromatic carbocycles. The maximum atomic E-state index is 14.2. The number of halogens is 2. The minimum atomic E-state index is -0.391. The Balaban J connectivity index is 1.67. The Hall–Kier alpha value is -2.73. The van der Waals surface area contributed by atoms with Gasteiger partial charge in [0.2, 0.25) is 0 Å². The van der Waals surface area contributed by atoms with E-state index >= 15 is 0 Å². The highest BCUT2D eigenvalue weighted by atomic mass is 19.1. The third kappa shape index (κ3) is 3.64. The van der Waals surface area contributed by atoms with Crippen LogP contribution in [0.3, 0.4) is 0 Å². The van der Waals surface area contributed by atoms with Crippen LogP contribution in [0.5, 0.6) is 0 Å². The molecule has 2 heterocycles. The van der Waals surface area contributed by atoms with Crippen LogP contribution in [0.25, 0.3) is 11.0 Å². The quantitative estimate of drug-likeness (QED) is 0.631. The number of carbonyl (C=O) groups is 1. The van der Waals surface area contributed by atoms with Gasteiger partial charge in [-0.2, -0.15) is 0 Å². The van der Waals surface area contributed by atoms with Gasteiger partial charge in [-0.25, -0.2) is 8.78 Å². The second-order valence-corrected chi connectivity index (χ2v) is 7.11. The molecule has 0 spiro atoms. The number of hydrogen-bond acceptors (Lipinski definition) is 3. The Labute approximate surface area is 161 Å². The third-order valence-electron chi connectivity index (χ3n) is 5.15. The van der Waals surface area contributed by atoms with Crippen molar-refractivity contribution in [3.63, 3.8) is 0 Å². The summed E-state index contributed by atoms with van der Waals surface area (Å²) in [6.07, 6.45) is 1.71. The van der Waals surface area contributed by atoms with Gasteiger partial charge in [-0.3, -0.25) is 4.79 Å².